The van der Waals surface area contributed by atoms with E-state index < -0.39 is 24.0 Å². The van der Waals surface area contributed by atoms with Crippen molar-refractivity contribution in [2.24, 2.45) is 7.05 Å². The first kappa shape index (κ1) is 16.6. The van der Waals surface area contributed by atoms with Crippen LogP contribution in [0.25, 0.3) is 5.69 Å². The Balaban J connectivity index is 2.09. The largest absolute Gasteiger partial charge is 0.458 e. The molecule has 0 aliphatic rings. The number of nitrogens with zero attached hydrogens (tertiary/aromatic N) is 6. The molecule has 11 heteroatoms. The molecular weight excluding hydrogens is 341 g/mol. The van der Waals surface area contributed by atoms with Crippen LogP contribution in [0.4, 0.5) is 13.2 Å². The lowest BCUT2D eigenvalue weighted by Gasteiger charge is -2.16. The van der Waals surface area contributed by atoms with Crippen molar-refractivity contribution in [1.82, 2.24) is 29.8 Å². The van der Waals surface area contributed by atoms with Crippen LogP contribution in [0.15, 0.2) is 41.5 Å². The Bertz CT molecular complexity index is 936. The number of ether oxygens (including phenoxy) is 1. The zero-order valence-corrected chi connectivity index (χ0v) is 12.8. The first-order valence-electron chi connectivity index (χ1n) is 6.96. The van der Waals surface area contributed by atoms with Crippen LogP contribution in [0.1, 0.15) is 11.1 Å². The second-order valence-electron chi connectivity index (χ2n) is 4.92. The van der Waals surface area contributed by atoms with E-state index in [0.29, 0.717) is 0 Å². The number of aromatic nitrogens is 6. The van der Waals surface area contributed by atoms with Gasteiger partial charge in [-0.05, 0) is 28.6 Å². The zero-order valence-electron chi connectivity index (χ0n) is 12.8. The highest BCUT2D eigenvalue weighted by Crippen LogP contribution is 2.34. The Morgan fingerprint density at radius 3 is 2.44 bits per heavy atom. The lowest BCUT2D eigenvalue weighted by Crippen LogP contribution is -2.24. The number of halogens is 3. The molecule has 3 aromatic rings. The number of alkyl halides is 3. The van der Waals surface area contributed by atoms with Gasteiger partial charge in [-0.15, -0.1) is 0 Å². The fourth-order valence-corrected chi connectivity index (χ4v) is 2.15. The summed E-state index contributed by atoms with van der Waals surface area (Å²) in [7, 11) is 1.34. The number of tetrazole rings is 1. The summed E-state index contributed by atoms with van der Waals surface area (Å²) in [5.41, 5.74) is -1.98. The second-order valence-corrected chi connectivity index (χ2v) is 4.92. The Morgan fingerprint density at radius 2 is 1.84 bits per heavy atom. The standard InChI is InChI=1S/C14H11F3N6O2/c1-22-13(24)23(21-20-22)11-5-2-4-10(14(15,16)17)9(11)8-25-12-18-6-3-7-19-12/h2-7H,8H2,1H3. The van der Waals surface area contributed by atoms with Crippen LogP contribution in [-0.2, 0) is 19.8 Å². The molecular formula is C14H11F3N6O2. The van der Waals surface area contributed by atoms with Crippen molar-refractivity contribution in [2.75, 3.05) is 0 Å². The zero-order chi connectivity index (χ0) is 18.0. The molecule has 0 aliphatic carbocycles. The van der Waals surface area contributed by atoms with Crippen molar-refractivity contribution in [1.29, 1.82) is 0 Å². The quantitative estimate of drug-likeness (QED) is 0.704. The molecule has 0 bridgehead atoms. The Hall–Kier alpha value is -3.24. The molecule has 3 rings (SSSR count). The van der Waals surface area contributed by atoms with Crippen molar-refractivity contribution in [3.8, 4) is 11.7 Å². The van der Waals surface area contributed by atoms with E-state index in [1.807, 2.05) is 0 Å². The van der Waals surface area contributed by atoms with E-state index in [0.717, 1.165) is 15.4 Å². The minimum absolute atomic E-state index is 0.0798. The van der Waals surface area contributed by atoms with Crippen molar-refractivity contribution in [2.45, 2.75) is 12.8 Å². The summed E-state index contributed by atoms with van der Waals surface area (Å²) < 4.78 is 47.0. The van der Waals surface area contributed by atoms with Crippen molar-refractivity contribution < 1.29 is 17.9 Å². The lowest BCUT2D eigenvalue weighted by molar-refractivity contribution is -0.138. The van der Waals surface area contributed by atoms with Crippen LogP contribution >= 0.6 is 0 Å². The first-order valence-corrected chi connectivity index (χ1v) is 6.96. The minimum atomic E-state index is -4.64. The number of hydrogen-bond donors (Lipinski definition) is 0. The van der Waals surface area contributed by atoms with E-state index in [1.54, 1.807) is 6.07 Å². The van der Waals surface area contributed by atoms with Gasteiger partial charge in [-0.2, -0.15) is 22.5 Å². The Kier molecular flexibility index (Phi) is 4.21. The first-order chi connectivity index (χ1) is 11.9. The van der Waals surface area contributed by atoms with Crippen LogP contribution in [-0.4, -0.2) is 29.8 Å². The van der Waals surface area contributed by atoms with E-state index in [9.17, 15) is 18.0 Å². The smallest absolute Gasteiger partial charge is 0.416 e. The van der Waals surface area contributed by atoms with Gasteiger partial charge in [-0.3, -0.25) is 0 Å². The summed E-state index contributed by atoms with van der Waals surface area (Å²) >= 11 is 0. The fourth-order valence-electron chi connectivity index (χ4n) is 2.15. The maximum atomic E-state index is 13.4. The van der Waals surface area contributed by atoms with E-state index in [1.165, 1.54) is 31.6 Å². The van der Waals surface area contributed by atoms with Crippen LogP contribution < -0.4 is 10.4 Å². The molecule has 0 spiro atoms. The Morgan fingerprint density at radius 1 is 1.12 bits per heavy atom. The molecule has 0 saturated heterocycles. The summed E-state index contributed by atoms with van der Waals surface area (Å²) in [6.45, 7) is -0.502. The summed E-state index contributed by atoms with van der Waals surface area (Å²) in [6, 6.07) is 4.87. The molecule has 0 saturated carbocycles. The van der Waals surface area contributed by atoms with E-state index in [2.05, 4.69) is 20.4 Å². The third-order valence-corrected chi connectivity index (χ3v) is 3.29. The highest BCUT2D eigenvalue weighted by Gasteiger charge is 2.35. The molecule has 0 amide bonds. The van der Waals surface area contributed by atoms with Crippen LogP contribution in [0.2, 0.25) is 0 Å². The van der Waals surface area contributed by atoms with E-state index in [-0.39, 0.29) is 17.3 Å². The third-order valence-electron chi connectivity index (χ3n) is 3.29. The maximum Gasteiger partial charge on any atom is 0.416 e. The van der Waals surface area contributed by atoms with Gasteiger partial charge in [-0.25, -0.2) is 14.8 Å². The molecule has 0 aliphatic heterocycles. The molecule has 0 fully saturated rings. The number of benzene rings is 1. The van der Waals surface area contributed by atoms with Gasteiger partial charge < -0.3 is 4.74 Å². The van der Waals surface area contributed by atoms with Gasteiger partial charge in [0, 0.05) is 25.0 Å². The molecule has 1 aromatic carbocycles. The van der Waals surface area contributed by atoms with Crippen molar-refractivity contribution in [3.05, 3.63) is 58.3 Å². The molecule has 130 valence electrons. The number of rotatable bonds is 4. The molecule has 0 radical (unpaired) electrons. The van der Waals surface area contributed by atoms with Gasteiger partial charge in [-0.1, -0.05) is 6.07 Å². The van der Waals surface area contributed by atoms with Gasteiger partial charge in [0.05, 0.1) is 11.3 Å². The fraction of sp³-hybridized carbons (Fsp3) is 0.214. The minimum Gasteiger partial charge on any atom is -0.458 e. The number of aryl methyl sites for hydroxylation is 1. The third kappa shape index (κ3) is 3.34. The van der Waals surface area contributed by atoms with Crippen LogP contribution in [0.3, 0.4) is 0 Å². The summed E-state index contributed by atoms with van der Waals surface area (Å²) in [4.78, 5) is 19.6. The highest BCUT2D eigenvalue weighted by atomic mass is 19.4. The van der Waals surface area contributed by atoms with E-state index >= 15 is 0 Å². The molecule has 8 nitrogen and oxygen atoms in total. The van der Waals surface area contributed by atoms with Gasteiger partial charge in [0.1, 0.15) is 6.61 Å². The number of hydrogen-bond acceptors (Lipinski definition) is 6. The van der Waals surface area contributed by atoms with Gasteiger partial charge in [0.25, 0.3) is 0 Å². The molecule has 0 N–H and O–H groups in total. The Labute approximate surface area is 138 Å². The molecule has 0 atom stereocenters. The summed E-state index contributed by atoms with van der Waals surface area (Å²) in [5, 5.41) is 7.10. The monoisotopic (exact) mass is 352 g/mol. The molecule has 25 heavy (non-hydrogen) atoms. The average Bonchev–Trinajstić information content (AvgIpc) is 2.92. The lowest BCUT2D eigenvalue weighted by atomic mass is 10.1. The SMILES string of the molecule is Cn1nnn(-c2cccc(C(F)(F)F)c2COc2ncccn2)c1=O. The van der Waals surface area contributed by atoms with Crippen LogP contribution in [0.5, 0.6) is 6.01 Å². The topological polar surface area (TPSA) is 87.7 Å². The van der Waals surface area contributed by atoms with Crippen molar-refractivity contribution in [3.63, 3.8) is 0 Å². The van der Waals surface area contributed by atoms with E-state index in [4.69, 9.17) is 4.74 Å². The average molecular weight is 352 g/mol. The van der Waals surface area contributed by atoms with Crippen LogP contribution in [0, 0.1) is 0 Å². The second kappa shape index (κ2) is 6.34. The molecule has 2 aromatic heterocycles. The predicted octanol–water partition coefficient (Wildman–Crippen LogP) is 1.35. The molecule has 0 unspecified atom stereocenters. The van der Waals surface area contributed by atoms with Gasteiger partial charge >= 0.3 is 17.9 Å². The molecule has 2 heterocycles. The predicted molar refractivity (Wildman–Crippen MR) is 78.0 cm³/mol. The van der Waals surface area contributed by atoms with Gasteiger partial charge in [0.15, 0.2) is 0 Å². The van der Waals surface area contributed by atoms with Gasteiger partial charge in [0.2, 0.25) is 0 Å². The normalized spacial score (nSPS) is 11.5. The maximum absolute atomic E-state index is 13.4. The summed E-state index contributed by atoms with van der Waals surface area (Å²) in [6.07, 6.45) is -1.85. The van der Waals surface area contributed by atoms with Crippen molar-refractivity contribution >= 4 is 0 Å². The summed E-state index contributed by atoms with van der Waals surface area (Å²) in [5.74, 6) is 0. The highest BCUT2D eigenvalue weighted by molar-refractivity contribution is 5.46.